The molecule has 3 N–H and O–H groups in total. The van der Waals surface area contributed by atoms with Crippen molar-refractivity contribution in [1.82, 2.24) is 10.3 Å². The van der Waals surface area contributed by atoms with Crippen molar-refractivity contribution >= 4 is 42.1 Å². The number of para-hydroxylation sites is 1. The normalized spacial score (nSPS) is 14.0. The predicted molar refractivity (Wildman–Crippen MR) is 105 cm³/mol. The summed E-state index contributed by atoms with van der Waals surface area (Å²) in [5.74, 6) is 0.983. The van der Waals surface area contributed by atoms with Gasteiger partial charge in [-0.05, 0) is 37.8 Å². The van der Waals surface area contributed by atoms with Gasteiger partial charge in [0.1, 0.15) is 12.4 Å². The molecule has 1 unspecified atom stereocenters. The fourth-order valence-corrected chi connectivity index (χ4v) is 3.00. The summed E-state index contributed by atoms with van der Waals surface area (Å²) in [6.07, 6.45) is 2.34. The SMILES string of the molecule is Cc1nc(COc2ccccc2C(=O)NCC(N)C2CC2)cs1.Cl.Cl. The van der Waals surface area contributed by atoms with E-state index in [2.05, 4.69) is 10.3 Å². The van der Waals surface area contributed by atoms with Crippen LogP contribution < -0.4 is 15.8 Å². The van der Waals surface area contributed by atoms with Crippen LogP contribution in [0.1, 0.15) is 33.9 Å². The summed E-state index contributed by atoms with van der Waals surface area (Å²) in [6.45, 7) is 2.82. The van der Waals surface area contributed by atoms with Crippen LogP contribution in [0.25, 0.3) is 0 Å². The van der Waals surface area contributed by atoms with Crippen LogP contribution in [0.3, 0.4) is 0 Å². The average molecular weight is 404 g/mol. The van der Waals surface area contributed by atoms with E-state index in [-0.39, 0.29) is 36.8 Å². The molecule has 5 nitrogen and oxygen atoms in total. The molecule has 1 heterocycles. The highest BCUT2D eigenvalue weighted by Crippen LogP contribution is 2.31. The van der Waals surface area contributed by atoms with Gasteiger partial charge in [-0.3, -0.25) is 4.79 Å². The van der Waals surface area contributed by atoms with Crippen molar-refractivity contribution in [1.29, 1.82) is 0 Å². The number of rotatable bonds is 7. The predicted octanol–water partition coefficient (Wildman–Crippen LogP) is 3.34. The smallest absolute Gasteiger partial charge is 0.255 e. The number of carbonyl (C=O) groups excluding carboxylic acids is 1. The van der Waals surface area contributed by atoms with E-state index in [1.54, 1.807) is 23.5 Å². The number of hydrogen-bond acceptors (Lipinski definition) is 5. The molecule has 0 aliphatic heterocycles. The largest absolute Gasteiger partial charge is 0.486 e. The van der Waals surface area contributed by atoms with Crippen molar-refractivity contribution < 1.29 is 9.53 Å². The highest BCUT2D eigenvalue weighted by molar-refractivity contribution is 7.09. The van der Waals surface area contributed by atoms with E-state index in [0.717, 1.165) is 10.7 Å². The Kier molecular flexibility index (Phi) is 8.65. The van der Waals surface area contributed by atoms with Gasteiger partial charge >= 0.3 is 0 Å². The number of thiazole rings is 1. The van der Waals surface area contributed by atoms with Gasteiger partial charge < -0.3 is 15.8 Å². The van der Waals surface area contributed by atoms with Crippen LogP contribution >= 0.6 is 36.2 Å². The molecule has 1 amide bonds. The third kappa shape index (κ3) is 6.15. The topological polar surface area (TPSA) is 77.2 Å². The summed E-state index contributed by atoms with van der Waals surface area (Å²) in [5, 5.41) is 5.87. The number of aromatic nitrogens is 1. The quantitative estimate of drug-likeness (QED) is 0.742. The molecule has 0 spiro atoms. The summed E-state index contributed by atoms with van der Waals surface area (Å²) in [4.78, 5) is 16.7. The van der Waals surface area contributed by atoms with Crippen LogP contribution in [0, 0.1) is 12.8 Å². The van der Waals surface area contributed by atoms with E-state index in [1.165, 1.54) is 12.8 Å². The number of hydrogen-bond donors (Lipinski definition) is 2. The first-order chi connectivity index (χ1) is 11.1. The zero-order chi connectivity index (χ0) is 16.2. The van der Waals surface area contributed by atoms with Gasteiger partial charge in [0.2, 0.25) is 0 Å². The molecule has 1 aromatic heterocycles. The van der Waals surface area contributed by atoms with Gasteiger partial charge in [-0.2, -0.15) is 0 Å². The minimum atomic E-state index is -0.147. The van der Waals surface area contributed by atoms with E-state index in [4.69, 9.17) is 10.5 Å². The van der Waals surface area contributed by atoms with E-state index in [9.17, 15) is 4.79 Å². The second kappa shape index (κ2) is 9.97. The highest BCUT2D eigenvalue weighted by atomic mass is 35.5. The molecule has 0 saturated heterocycles. The van der Waals surface area contributed by atoms with Crippen LogP contribution in [0.15, 0.2) is 29.6 Å². The highest BCUT2D eigenvalue weighted by Gasteiger charge is 2.28. The van der Waals surface area contributed by atoms with Gasteiger partial charge in [0.15, 0.2) is 0 Å². The zero-order valence-electron chi connectivity index (χ0n) is 13.9. The minimum absolute atomic E-state index is 0. The van der Waals surface area contributed by atoms with Crippen LogP contribution in [0.2, 0.25) is 0 Å². The number of benzene rings is 1. The van der Waals surface area contributed by atoms with Crippen molar-refractivity contribution in [2.45, 2.75) is 32.4 Å². The fraction of sp³-hybridized carbons (Fsp3) is 0.412. The van der Waals surface area contributed by atoms with Gasteiger partial charge in [-0.25, -0.2) is 4.98 Å². The Hall–Kier alpha value is -1.34. The number of nitrogens with zero attached hydrogens (tertiary/aromatic N) is 1. The standard InChI is InChI=1S/C17H21N3O2S.2ClH/c1-11-20-13(10-23-11)9-22-16-5-3-2-4-14(16)17(21)19-8-15(18)12-6-7-12;;/h2-5,10,12,15H,6-9,18H2,1H3,(H,19,21);2*1H. The number of amides is 1. The van der Waals surface area contributed by atoms with Gasteiger partial charge in [0.25, 0.3) is 5.91 Å². The molecule has 8 heteroatoms. The molecular weight excluding hydrogens is 381 g/mol. The molecule has 1 saturated carbocycles. The molecule has 138 valence electrons. The lowest BCUT2D eigenvalue weighted by Gasteiger charge is -2.14. The van der Waals surface area contributed by atoms with E-state index in [0.29, 0.717) is 30.4 Å². The van der Waals surface area contributed by atoms with Gasteiger partial charge in [0.05, 0.1) is 16.3 Å². The zero-order valence-corrected chi connectivity index (χ0v) is 16.4. The van der Waals surface area contributed by atoms with Crippen LogP contribution in [-0.4, -0.2) is 23.5 Å². The number of carbonyl (C=O) groups is 1. The third-order valence-corrected chi connectivity index (χ3v) is 4.72. The third-order valence-electron chi connectivity index (χ3n) is 3.90. The van der Waals surface area contributed by atoms with Crippen molar-refractivity contribution in [3.05, 3.63) is 45.9 Å². The lowest BCUT2D eigenvalue weighted by molar-refractivity contribution is 0.0945. The second-order valence-electron chi connectivity index (χ2n) is 5.85. The molecule has 1 aliphatic rings. The number of halogens is 2. The lowest BCUT2D eigenvalue weighted by Crippen LogP contribution is -2.38. The Morgan fingerprint density at radius 3 is 2.76 bits per heavy atom. The monoisotopic (exact) mass is 403 g/mol. The van der Waals surface area contributed by atoms with E-state index < -0.39 is 0 Å². The molecule has 3 rings (SSSR count). The number of nitrogens with two attached hydrogens (primary N) is 1. The number of aryl methyl sites for hydroxylation is 1. The second-order valence-corrected chi connectivity index (χ2v) is 6.92. The fourth-order valence-electron chi connectivity index (χ4n) is 2.40. The Morgan fingerprint density at radius 1 is 1.40 bits per heavy atom. The molecule has 0 radical (unpaired) electrons. The van der Waals surface area contributed by atoms with E-state index in [1.807, 2.05) is 24.4 Å². The Balaban J connectivity index is 0.00000156. The maximum absolute atomic E-state index is 12.4. The number of ether oxygens (including phenoxy) is 1. The van der Waals surface area contributed by atoms with Crippen LogP contribution in [-0.2, 0) is 6.61 Å². The average Bonchev–Trinajstić information content (AvgIpc) is 3.33. The molecule has 0 bridgehead atoms. The first-order valence-corrected chi connectivity index (χ1v) is 8.68. The summed E-state index contributed by atoms with van der Waals surface area (Å²) < 4.78 is 5.78. The maximum Gasteiger partial charge on any atom is 0.255 e. The van der Waals surface area contributed by atoms with Crippen LogP contribution in [0.5, 0.6) is 5.75 Å². The minimum Gasteiger partial charge on any atom is -0.486 e. The number of nitrogens with one attached hydrogen (secondary N) is 1. The molecule has 1 fully saturated rings. The molecule has 1 aromatic carbocycles. The lowest BCUT2D eigenvalue weighted by atomic mass is 10.1. The van der Waals surface area contributed by atoms with Crippen molar-refractivity contribution in [2.75, 3.05) is 6.54 Å². The first-order valence-electron chi connectivity index (χ1n) is 7.80. The Morgan fingerprint density at radius 2 is 2.12 bits per heavy atom. The van der Waals surface area contributed by atoms with Crippen molar-refractivity contribution in [3.63, 3.8) is 0 Å². The molecule has 1 aliphatic carbocycles. The van der Waals surface area contributed by atoms with E-state index >= 15 is 0 Å². The van der Waals surface area contributed by atoms with Crippen LogP contribution in [0.4, 0.5) is 0 Å². The Labute approximate surface area is 164 Å². The molecule has 1 atom stereocenters. The molecule has 25 heavy (non-hydrogen) atoms. The summed E-state index contributed by atoms with van der Waals surface area (Å²) >= 11 is 1.59. The molecular formula is C17H23Cl2N3O2S. The van der Waals surface area contributed by atoms with Gasteiger partial charge in [0, 0.05) is 18.0 Å². The first kappa shape index (κ1) is 21.7. The Bertz CT molecular complexity index is 692. The maximum atomic E-state index is 12.4. The van der Waals surface area contributed by atoms with Gasteiger partial charge in [-0.15, -0.1) is 36.2 Å². The summed E-state index contributed by atoms with van der Waals surface area (Å²) in [7, 11) is 0. The van der Waals surface area contributed by atoms with Crippen molar-refractivity contribution in [3.8, 4) is 5.75 Å². The van der Waals surface area contributed by atoms with Gasteiger partial charge in [-0.1, -0.05) is 12.1 Å². The molecule has 2 aromatic rings. The summed E-state index contributed by atoms with van der Waals surface area (Å²) in [5.41, 5.74) is 7.43. The summed E-state index contributed by atoms with van der Waals surface area (Å²) in [6, 6.07) is 7.29. The van der Waals surface area contributed by atoms with Crippen molar-refractivity contribution in [2.24, 2.45) is 11.7 Å².